The zero-order valence-electron chi connectivity index (χ0n) is 14.0. The van der Waals surface area contributed by atoms with Crippen molar-refractivity contribution in [3.63, 3.8) is 0 Å². The summed E-state index contributed by atoms with van der Waals surface area (Å²) in [6, 6.07) is 16.6. The molecule has 1 aliphatic rings. The Morgan fingerprint density at radius 1 is 1.16 bits per heavy atom. The molecule has 0 aromatic heterocycles. The second-order valence-electron chi connectivity index (χ2n) is 6.20. The summed E-state index contributed by atoms with van der Waals surface area (Å²) in [5.74, 6) is -0.262. The van der Waals surface area contributed by atoms with Crippen LogP contribution in [0.5, 0.6) is 0 Å². The van der Waals surface area contributed by atoms with Gasteiger partial charge in [-0.3, -0.25) is 0 Å². The number of hydrogen-bond acceptors (Lipinski definition) is 2. The van der Waals surface area contributed by atoms with Gasteiger partial charge in [-0.2, -0.15) is 0 Å². The van der Waals surface area contributed by atoms with Crippen LogP contribution in [-0.2, 0) is 11.3 Å². The molecular formula is C19H23FN3OS+. The number of quaternary nitrogens is 1. The number of ether oxygens (including phenoxy) is 1. The van der Waals surface area contributed by atoms with Gasteiger partial charge in [0.05, 0.1) is 6.61 Å². The summed E-state index contributed by atoms with van der Waals surface area (Å²) in [5.41, 5.74) is 2.11. The van der Waals surface area contributed by atoms with Crippen molar-refractivity contribution in [2.24, 2.45) is 0 Å². The second-order valence-corrected chi connectivity index (χ2v) is 6.61. The Morgan fingerprint density at radius 2 is 1.92 bits per heavy atom. The molecule has 4 nitrogen and oxygen atoms in total. The first-order valence-electron chi connectivity index (χ1n) is 8.48. The molecule has 1 unspecified atom stereocenters. The summed E-state index contributed by atoms with van der Waals surface area (Å²) < 4.78 is 18.8. The zero-order valence-corrected chi connectivity index (χ0v) is 14.8. The molecule has 132 valence electrons. The van der Waals surface area contributed by atoms with Crippen LogP contribution in [0, 0.1) is 5.82 Å². The summed E-state index contributed by atoms with van der Waals surface area (Å²) in [7, 11) is 0. The van der Waals surface area contributed by atoms with Crippen molar-refractivity contribution >= 4 is 23.0 Å². The Hall–Kier alpha value is -2.02. The van der Waals surface area contributed by atoms with E-state index in [9.17, 15) is 4.39 Å². The maximum Gasteiger partial charge on any atom is 0.170 e. The highest BCUT2D eigenvalue weighted by Crippen LogP contribution is 2.07. The second kappa shape index (κ2) is 8.89. The largest absolute Gasteiger partial charge is 0.365 e. The molecule has 3 rings (SSSR count). The minimum Gasteiger partial charge on any atom is -0.365 e. The Morgan fingerprint density at radius 3 is 2.68 bits per heavy atom. The number of hydrogen-bond donors (Lipinski definition) is 3. The lowest BCUT2D eigenvalue weighted by Crippen LogP contribution is -3.13. The van der Waals surface area contributed by atoms with Crippen LogP contribution in [0.1, 0.15) is 5.56 Å². The summed E-state index contributed by atoms with van der Waals surface area (Å²) >= 11 is 5.29. The van der Waals surface area contributed by atoms with Crippen LogP contribution in [0.4, 0.5) is 10.1 Å². The van der Waals surface area contributed by atoms with Crippen LogP contribution in [0.15, 0.2) is 54.6 Å². The molecule has 25 heavy (non-hydrogen) atoms. The maximum atomic E-state index is 12.9. The van der Waals surface area contributed by atoms with Gasteiger partial charge in [-0.15, -0.1) is 0 Å². The Kier molecular flexibility index (Phi) is 6.33. The van der Waals surface area contributed by atoms with Crippen molar-refractivity contribution < 1.29 is 14.0 Å². The molecule has 1 saturated heterocycles. The van der Waals surface area contributed by atoms with E-state index in [-0.39, 0.29) is 11.9 Å². The van der Waals surface area contributed by atoms with Gasteiger partial charge in [0.1, 0.15) is 31.6 Å². The van der Waals surface area contributed by atoms with Gasteiger partial charge in [0.25, 0.3) is 0 Å². The SMILES string of the molecule is Fc1ccc(NC(=S)NC[C@@H]2C[NH+](Cc3ccccc3)CCO2)cc1. The fraction of sp³-hybridized carbons (Fsp3) is 0.316. The molecule has 0 bridgehead atoms. The van der Waals surface area contributed by atoms with Crippen LogP contribution >= 0.6 is 12.2 Å². The first kappa shape index (κ1) is 17.8. The topological polar surface area (TPSA) is 37.7 Å². The molecule has 0 amide bonds. The Balaban J connectivity index is 1.43. The molecule has 2 aromatic carbocycles. The highest BCUT2D eigenvalue weighted by Gasteiger charge is 2.23. The normalized spacial score (nSPS) is 20.0. The lowest BCUT2D eigenvalue weighted by Gasteiger charge is -2.30. The Labute approximate surface area is 153 Å². The third kappa shape index (κ3) is 5.77. The van der Waals surface area contributed by atoms with Gasteiger partial charge in [-0.05, 0) is 36.5 Å². The fourth-order valence-electron chi connectivity index (χ4n) is 2.94. The van der Waals surface area contributed by atoms with Crippen molar-refractivity contribution in [3.8, 4) is 0 Å². The number of nitrogens with one attached hydrogen (secondary N) is 3. The van der Waals surface area contributed by atoms with Gasteiger partial charge in [0.15, 0.2) is 5.11 Å². The van der Waals surface area contributed by atoms with Gasteiger partial charge in [0.2, 0.25) is 0 Å². The summed E-state index contributed by atoms with van der Waals surface area (Å²) in [6.07, 6.45) is 0.125. The number of halogens is 1. The molecule has 0 saturated carbocycles. The predicted octanol–water partition coefficient (Wildman–Crippen LogP) is 1.60. The van der Waals surface area contributed by atoms with Crippen molar-refractivity contribution in [1.29, 1.82) is 0 Å². The number of thiocarbonyl (C=S) groups is 1. The van der Waals surface area contributed by atoms with E-state index in [1.165, 1.54) is 22.6 Å². The quantitative estimate of drug-likeness (QED) is 0.708. The molecule has 0 spiro atoms. The minimum atomic E-state index is -0.262. The summed E-state index contributed by atoms with van der Waals surface area (Å²) in [4.78, 5) is 1.52. The van der Waals surface area contributed by atoms with Crippen molar-refractivity contribution in [3.05, 3.63) is 66.0 Å². The van der Waals surface area contributed by atoms with Crippen LogP contribution in [0.3, 0.4) is 0 Å². The fourth-order valence-corrected chi connectivity index (χ4v) is 3.15. The average molecular weight is 360 g/mol. The molecule has 2 aromatic rings. The van der Waals surface area contributed by atoms with E-state index in [0.717, 1.165) is 31.9 Å². The van der Waals surface area contributed by atoms with Crippen molar-refractivity contribution in [1.82, 2.24) is 5.32 Å². The van der Waals surface area contributed by atoms with Gasteiger partial charge < -0.3 is 20.3 Å². The number of morpholine rings is 1. The monoisotopic (exact) mass is 360 g/mol. The van der Waals surface area contributed by atoms with Gasteiger partial charge in [0, 0.05) is 17.8 Å². The zero-order chi connectivity index (χ0) is 17.5. The lowest BCUT2D eigenvalue weighted by molar-refractivity contribution is -0.925. The van der Waals surface area contributed by atoms with Gasteiger partial charge in [-0.1, -0.05) is 30.3 Å². The first-order chi connectivity index (χ1) is 12.2. The first-order valence-corrected chi connectivity index (χ1v) is 8.89. The third-order valence-corrected chi connectivity index (χ3v) is 4.46. The highest BCUT2D eigenvalue weighted by atomic mass is 32.1. The van der Waals surface area contributed by atoms with E-state index >= 15 is 0 Å². The van der Waals surface area contributed by atoms with Gasteiger partial charge in [-0.25, -0.2) is 4.39 Å². The molecule has 1 aliphatic heterocycles. The number of benzene rings is 2. The van der Waals surface area contributed by atoms with E-state index < -0.39 is 0 Å². The van der Waals surface area contributed by atoms with E-state index in [1.54, 1.807) is 12.1 Å². The summed E-state index contributed by atoms with van der Waals surface area (Å²) in [6.45, 7) is 4.39. The molecule has 0 aliphatic carbocycles. The van der Waals surface area contributed by atoms with E-state index in [4.69, 9.17) is 17.0 Å². The van der Waals surface area contributed by atoms with E-state index in [0.29, 0.717) is 11.7 Å². The van der Waals surface area contributed by atoms with Crippen LogP contribution in [0.2, 0.25) is 0 Å². The maximum absolute atomic E-state index is 12.9. The standard InChI is InChI=1S/C19H22FN3OS/c20-16-6-8-17(9-7-16)22-19(25)21-12-18-14-23(10-11-24-18)13-15-4-2-1-3-5-15/h1-9,18H,10-14H2,(H2,21,22,25)/p+1/t18-/m1/s1. The molecule has 2 atom stereocenters. The Bertz CT molecular complexity index is 681. The van der Waals surface area contributed by atoms with Gasteiger partial charge >= 0.3 is 0 Å². The lowest BCUT2D eigenvalue weighted by atomic mass is 10.2. The van der Waals surface area contributed by atoms with Crippen LogP contribution in [0.25, 0.3) is 0 Å². The average Bonchev–Trinajstić information content (AvgIpc) is 2.63. The van der Waals surface area contributed by atoms with E-state index in [2.05, 4.69) is 34.9 Å². The van der Waals surface area contributed by atoms with Crippen LogP contribution < -0.4 is 15.5 Å². The predicted molar refractivity (Wildman–Crippen MR) is 101 cm³/mol. The number of anilines is 1. The number of rotatable bonds is 5. The molecule has 1 heterocycles. The molecule has 6 heteroatoms. The molecule has 3 N–H and O–H groups in total. The van der Waals surface area contributed by atoms with E-state index in [1.807, 2.05) is 6.07 Å². The smallest absolute Gasteiger partial charge is 0.170 e. The minimum absolute atomic E-state index is 0.125. The highest BCUT2D eigenvalue weighted by molar-refractivity contribution is 7.80. The van der Waals surface area contributed by atoms with Crippen LogP contribution in [-0.4, -0.2) is 37.5 Å². The molecule has 1 fully saturated rings. The molecule has 0 radical (unpaired) electrons. The summed E-state index contributed by atoms with van der Waals surface area (Å²) in [5, 5.41) is 6.76. The van der Waals surface area contributed by atoms with Crippen molar-refractivity contribution in [2.75, 3.05) is 31.6 Å². The third-order valence-electron chi connectivity index (χ3n) is 4.21. The van der Waals surface area contributed by atoms with Crippen molar-refractivity contribution in [2.45, 2.75) is 12.6 Å². The molecular weight excluding hydrogens is 337 g/mol.